The highest BCUT2D eigenvalue weighted by molar-refractivity contribution is 5.81. The van der Waals surface area contributed by atoms with E-state index in [1.165, 1.54) is 0 Å². The highest BCUT2D eigenvalue weighted by atomic mass is 16.7. The van der Waals surface area contributed by atoms with Crippen LogP contribution in [0.25, 0.3) is 11.1 Å². The minimum absolute atomic E-state index is 0.277. The Hall–Kier alpha value is -2.20. The quantitative estimate of drug-likeness (QED) is 0.926. The van der Waals surface area contributed by atoms with E-state index in [-0.39, 0.29) is 6.79 Å². The molecule has 104 valence electrons. The normalized spacial score (nSPS) is 12.5. The monoisotopic (exact) mass is 271 g/mol. The van der Waals surface area contributed by atoms with E-state index in [4.69, 9.17) is 14.2 Å². The number of hydrogen-bond donors (Lipinski definition) is 1. The number of anilines is 1. The summed E-state index contributed by atoms with van der Waals surface area (Å²) in [4.78, 5) is 0. The predicted octanol–water partition coefficient (Wildman–Crippen LogP) is 3.27. The predicted molar refractivity (Wildman–Crippen MR) is 78.3 cm³/mol. The van der Waals surface area contributed by atoms with E-state index >= 15 is 0 Å². The average Bonchev–Trinajstić information content (AvgIpc) is 2.94. The van der Waals surface area contributed by atoms with Gasteiger partial charge >= 0.3 is 0 Å². The highest BCUT2D eigenvalue weighted by Gasteiger charge is 2.19. The third kappa shape index (κ3) is 2.18. The van der Waals surface area contributed by atoms with Crippen LogP contribution in [0, 0.1) is 0 Å². The molecule has 1 aliphatic rings. The molecule has 2 aromatic rings. The molecule has 0 aromatic heterocycles. The zero-order valence-electron chi connectivity index (χ0n) is 11.6. The first-order valence-corrected chi connectivity index (χ1v) is 6.52. The molecule has 0 saturated carbocycles. The Morgan fingerprint density at radius 2 is 1.85 bits per heavy atom. The summed E-state index contributed by atoms with van der Waals surface area (Å²) >= 11 is 0. The maximum Gasteiger partial charge on any atom is 0.231 e. The van der Waals surface area contributed by atoms with Crippen LogP contribution in [0.2, 0.25) is 0 Å². The maximum absolute atomic E-state index is 5.48. The fourth-order valence-electron chi connectivity index (χ4n) is 2.45. The van der Waals surface area contributed by atoms with E-state index in [0.717, 1.165) is 33.9 Å². The van der Waals surface area contributed by atoms with E-state index in [2.05, 4.69) is 17.4 Å². The first-order valence-electron chi connectivity index (χ1n) is 6.52. The molecule has 1 N–H and O–H groups in total. The molecule has 2 aromatic carbocycles. The van der Waals surface area contributed by atoms with Gasteiger partial charge in [-0.1, -0.05) is 18.2 Å². The summed E-state index contributed by atoms with van der Waals surface area (Å²) in [6.45, 7) is 0.808. The molecule has 0 aliphatic carbocycles. The summed E-state index contributed by atoms with van der Waals surface area (Å²) < 4.78 is 16.2. The Balaban J connectivity index is 2.16. The SMILES string of the molecule is CNc1ccccc1-c1cc2c(cc1COC)OCO2. The van der Waals surface area contributed by atoms with Crippen molar-refractivity contribution in [2.75, 3.05) is 26.3 Å². The van der Waals surface area contributed by atoms with Gasteiger partial charge in [-0.25, -0.2) is 0 Å². The average molecular weight is 271 g/mol. The fraction of sp³-hybridized carbons (Fsp3) is 0.250. The summed E-state index contributed by atoms with van der Waals surface area (Å²) in [6, 6.07) is 12.2. The zero-order valence-corrected chi connectivity index (χ0v) is 11.6. The lowest BCUT2D eigenvalue weighted by Crippen LogP contribution is -1.96. The molecule has 0 amide bonds. The Bertz CT molecular complexity index is 625. The number of nitrogens with one attached hydrogen (secondary N) is 1. The van der Waals surface area contributed by atoms with Crippen molar-refractivity contribution in [3.8, 4) is 22.6 Å². The summed E-state index contributed by atoms with van der Waals surface area (Å²) in [5, 5.41) is 3.22. The van der Waals surface area contributed by atoms with Gasteiger partial charge in [0.05, 0.1) is 6.61 Å². The summed E-state index contributed by atoms with van der Waals surface area (Å²) in [5.74, 6) is 1.56. The largest absolute Gasteiger partial charge is 0.454 e. The Kier molecular flexibility index (Phi) is 3.48. The van der Waals surface area contributed by atoms with Crippen LogP contribution in [0.15, 0.2) is 36.4 Å². The number of ether oxygens (including phenoxy) is 3. The molecule has 0 fully saturated rings. The van der Waals surface area contributed by atoms with E-state index in [9.17, 15) is 0 Å². The van der Waals surface area contributed by atoms with Gasteiger partial charge in [0.25, 0.3) is 0 Å². The Morgan fingerprint density at radius 1 is 1.10 bits per heavy atom. The van der Waals surface area contributed by atoms with Crippen LogP contribution in [-0.2, 0) is 11.3 Å². The lowest BCUT2D eigenvalue weighted by atomic mass is 9.97. The van der Waals surface area contributed by atoms with Crippen LogP contribution >= 0.6 is 0 Å². The molecule has 20 heavy (non-hydrogen) atoms. The summed E-state index contributed by atoms with van der Waals surface area (Å²) in [7, 11) is 3.61. The molecule has 1 heterocycles. The van der Waals surface area contributed by atoms with Crippen LogP contribution in [0.3, 0.4) is 0 Å². The van der Waals surface area contributed by atoms with Crippen LogP contribution < -0.4 is 14.8 Å². The van der Waals surface area contributed by atoms with E-state index in [1.807, 2.05) is 31.3 Å². The second kappa shape index (κ2) is 5.43. The molecule has 0 saturated heterocycles. The fourth-order valence-corrected chi connectivity index (χ4v) is 2.45. The molecule has 0 spiro atoms. The molecule has 4 heteroatoms. The van der Waals surface area contributed by atoms with Crippen molar-refractivity contribution in [3.05, 3.63) is 42.0 Å². The number of fused-ring (bicyclic) bond motifs is 1. The second-order valence-corrected chi connectivity index (χ2v) is 4.59. The van der Waals surface area contributed by atoms with Gasteiger partial charge in [0.1, 0.15) is 0 Å². The standard InChI is InChI=1S/C16H17NO3/c1-17-14-6-4-3-5-12(14)13-8-16-15(19-10-20-16)7-11(13)9-18-2/h3-8,17H,9-10H2,1-2H3. The minimum atomic E-state index is 0.277. The first-order chi connectivity index (χ1) is 9.83. The second-order valence-electron chi connectivity index (χ2n) is 4.59. The molecule has 3 rings (SSSR count). The van der Waals surface area contributed by atoms with Crippen molar-refractivity contribution in [3.63, 3.8) is 0 Å². The lowest BCUT2D eigenvalue weighted by molar-refractivity contribution is 0.173. The van der Waals surface area contributed by atoms with Crippen molar-refractivity contribution in [1.29, 1.82) is 0 Å². The van der Waals surface area contributed by atoms with Gasteiger partial charge in [-0.05, 0) is 29.3 Å². The third-order valence-electron chi connectivity index (χ3n) is 3.38. The molecule has 1 aliphatic heterocycles. The van der Waals surface area contributed by atoms with Crippen LogP contribution in [-0.4, -0.2) is 21.0 Å². The molecule has 0 atom stereocenters. The van der Waals surface area contributed by atoms with Crippen molar-refractivity contribution in [2.24, 2.45) is 0 Å². The number of rotatable bonds is 4. The smallest absolute Gasteiger partial charge is 0.231 e. The Labute approximate surface area is 118 Å². The molecule has 0 bridgehead atoms. The topological polar surface area (TPSA) is 39.7 Å². The molecule has 4 nitrogen and oxygen atoms in total. The number of benzene rings is 2. The summed E-state index contributed by atoms with van der Waals surface area (Å²) in [6.07, 6.45) is 0. The Morgan fingerprint density at radius 3 is 2.60 bits per heavy atom. The third-order valence-corrected chi connectivity index (χ3v) is 3.38. The van der Waals surface area contributed by atoms with Crippen molar-refractivity contribution < 1.29 is 14.2 Å². The van der Waals surface area contributed by atoms with Gasteiger partial charge in [0.15, 0.2) is 11.5 Å². The molecular weight excluding hydrogens is 254 g/mol. The summed E-state index contributed by atoms with van der Waals surface area (Å²) in [5.41, 5.74) is 4.38. The van der Waals surface area contributed by atoms with Crippen molar-refractivity contribution >= 4 is 5.69 Å². The minimum Gasteiger partial charge on any atom is -0.454 e. The van der Waals surface area contributed by atoms with E-state index in [1.54, 1.807) is 7.11 Å². The van der Waals surface area contributed by atoms with E-state index < -0.39 is 0 Å². The van der Waals surface area contributed by atoms with Gasteiger partial charge in [0.2, 0.25) is 6.79 Å². The van der Waals surface area contributed by atoms with Gasteiger partial charge in [-0.15, -0.1) is 0 Å². The van der Waals surface area contributed by atoms with Crippen LogP contribution in [0.5, 0.6) is 11.5 Å². The van der Waals surface area contributed by atoms with Gasteiger partial charge in [0, 0.05) is 25.4 Å². The molecule has 0 radical (unpaired) electrons. The zero-order chi connectivity index (χ0) is 13.9. The lowest BCUT2D eigenvalue weighted by Gasteiger charge is -2.14. The number of para-hydroxylation sites is 1. The number of methoxy groups -OCH3 is 1. The van der Waals surface area contributed by atoms with E-state index in [0.29, 0.717) is 6.61 Å². The van der Waals surface area contributed by atoms with Crippen molar-refractivity contribution in [1.82, 2.24) is 0 Å². The molecular formula is C16H17NO3. The first kappa shape index (κ1) is 12.8. The van der Waals surface area contributed by atoms with Gasteiger partial charge in [-0.2, -0.15) is 0 Å². The van der Waals surface area contributed by atoms with Crippen molar-refractivity contribution in [2.45, 2.75) is 6.61 Å². The van der Waals surface area contributed by atoms with Gasteiger partial charge in [-0.3, -0.25) is 0 Å². The van der Waals surface area contributed by atoms with Crippen LogP contribution in [0.1, 0.15) is 5.56 Å². The van der Waals surface area contributed by atoms with Gasteiger partial charge < -0.3 is 19.5 Å². The van der Waals surface area contributed by atoms with Crippen LogP contribution in [0.4, 0.5) is 5.69 Å². The highest BCUT2D eigenvalue weighted by Crippen LogP contribution is 2.40. The maximum atomic E-state index is 5.48. The number of hydrogen-bond acceptors (Lipinski definition) is 4. The molecule has 0 unspecified atom stereocenters.